The van der Waals surface area contributed by atoms with Crippen molar-refractivity contribution in [3.05, 3.63) is 36.5 Å². The van der Waals surface area contributed by atoms with Gasteiger partial charge in [0, 0.05) is 12.8 Å². The number of rotatable bonds is 34. The van der Waals surface area contributed by atoms with Gasteiger partial charge in [0.15, 0.2) is 0 Å². The first-order valence-corrected chi connectivity index (χ1v) is 19.0. The highest BCUT2D eigenvalue weighted by atomic mass is 16.5. The van der Waals surface area contributed by atoms with Gasteiger partial charge in [-0.05, 0) is 76.4 Å². The number of hydrogen-bond acceptors (Lipinski definition) is 4. The lowest BCUT2D eigenvalue weighted by Crippen LogP contribution is -2.05. The minimum absolute atomic E-state index is 0.145. The maximum absolute atomic E-state index is 11.9. The van der Waals surface area contributed by atoms with Crippen molar-refractivity contribution in [2.24, 2.45) is 0 Å². The molecule has 4 nitrogen and oxygen atoms in total. The fraction of sp³-hybridized carbons (Fsp3) is 0.800. The van der Waals surface area contributed by atoms with Crippen LogP contribution in [0.3, 0.4) is 0 Å². The topological polar surface area (TPSA) is 52.6 Å². The Kier molecular flexibility index (Phi) is 35.8. The van der Waals surface area contributed by atoms with E-state index in [4.69, 9.17) is 9.47 Å². The summed E-state index contributed by atoms with van der Waals surface area (Å²) < 4.78 is 10.5. The summed E-state index contributed by atoms with van der Waals surface area (Å²) in [7, 11) is 0. The Balaban J connectivity index is 3.39. The van der Waals surface area contributed by atoms with Gasteiger partial charge in [-0.2, -0.15) is 0 Å². The van der Waals surface area contributed by atoms with Crippen LogP contribution in [0.5, 0.6) is 0 Å². The molecule has 0 aliphatic rings. The molecule has 0 N–H and O–H groups in total. The summed E-state index contributed by atoms with van der Waals surface area (Å²) in [5, 5.41) is 0. The molecule has 0 fully saturated rings. The second-order valence-electron chi connectivity index (χ2n) is 12.5. The smallest absolute Gasteiger partial charge is 0.306 e. The van der Waals surface area contributed by atoms with E-state index < -0.39 is 0 Å². The Bertz CT molecular complexity index is 635. The SMILES string of the molecule is CCCCCCCC/C=C\CCCCCCCC(=O)OC/C=C\COC(=O)CCCCCCC/C=C\CCCCCCCC. The molecular weight excluding hydrogens is 544 g/mol. The number of hydrogen-bond donors (Lipinski definition) is 0. The first-order chi connectivity index (χ1) is 21.7. The molecule has 0 aromatic heterocycles. The zero-order valence-electron chi connectivity index (χ0n) is 29.3. The van der Waals surface area contributed by atoms with Crippen LogP contribution < -0.4 is 0 Å². The highest BCUT2D eigenvalue weighted by Gasteiger charge is 2.03. The fourth-order valence-electron chi connectivity index (χ4n) is 5.24. The van der Waals surface area contributed by atoms with Gasteiger partial charge in [-0.25, -0.2) is 0 Å². The van der Waals surface area contributed by atoms with Crippen LogP contribution >= 0.6 is 0 Å². The maximum Gasteiger partial charge on any atom is 0.306 e. The molecule has 0 aliphatic carbocycles. The van der Waals surface area contributed by atoms with Crippen molar-refractivity contribution in [3.63, 3.8) is 0 Å². The van der Waals surface area contributed by atoms with Gasteiger partial charge in [0.05, 0.1) is 0 Å². The van der Waals surface area contributed by atoms with E-state index in [2.05, 4.69) is 38.2 Å². The van der Waals surface area contributed by atoms with Gasteiger partial charge in [0.1, 0.15) is 13.2 Å². The van der Waals surface area contributed by atoms with E-state index in [0.29, 0.717) is 12.8 Å². The lowest BCUT2D eigenvalue weighted by atomic mass is 10.1. The summed E-state index contributed by atoms with van der Waals surface area (Å²) in [5.41, 5.74) is 0. The largest absolute Gasteiger partial charge is 0.461 e. The van der Waals surface area contributed by atoms with Crippen LogP contribution in [0.2, 0.25) is 0 Å². The van der Waals surface area contributed by atoms with Crippen molar-refractivity contribution >= 4 is 11.9 Å². The molecule has 256 valence electrons. The molecule has 0 rings (SSSR count). The summed E-state index contributed by atoms with van der Waals surface area (Å²) in [6.07, 6.45) is 46.3. The number of carbonyl (C=O) groups is 2. The van der Waals surface area contributed by atoms with Gasteiger partial charge < -0.3 is 9.47 Å². The monoisotopic (exact) mass is 617 g/mol. The molecule has 44 heavy (non-hydrogen) atoms. The molecule has 0 radical (unpaired) electrons. The molecule has 0 saturated heterocycles. The zero-order valence-corrected chi connectivity index (χ0v) is 29.3. The van der Waals surface area contributed by atoms with Crippen molar-refractivity contribution in [1.82, 2.24) is 0 Å². The molecule has 0 aliphatic heterocycles. The van der Waals surface area contributed by atoms with Gasteiger partial charge >= 0.3 is 11.9 Å². The molecular formula is C40H72O4. The summed E-state index contributed by atoms with van der Waals surface area (Å²) in [6.45, 7) is 5.02. The number of carbonyl (C=O) groups excluding carboxylic acids is 2. The van der Waals surface area contributed by atoms with Gasteiger partial charge in [0.25, 0.3) is 0 Å². The van der Waals surface area contributed by atoms with Crippen molar-refractivity contribution in [2.75, 3.05) is 13.2 Å². The molecule has 0 bridgehead atoms. The Morgan fingerprint density at radius 2 is 0.636 bits per heavy atom. The summed E-state index contributed by atoms with van der Waals surface area (Å²) in [6, 6.07) is 0. The van der Waals surface area contributed by atoms with Crippen LogP contribution in [-0.4, -0.2) is 25.2 Å². The molecule has 0 saturated carbocycles. The van der Waals surface area contributed by atoms with Crippen molar-refractivity contribution in [2.45, 2.75) is 194 Å². The molecule has 0 amide bonds. The molecule has 0 aromatic rings. The zero-order chi connectivity index (χ0) is 32.0. The summed E-state index contributed by atoms with van der Waals surface area (Å²) >= 11 is 0. The average Bonchev–Trinajstić information content (AvgIpc) is 3.02. The van der Waals surface area contributed by atoms with Crippen LogP contribution in [0.1, 0.15) is 194 Å². The van der Waals surface area contributed by atoms with E-state index in [1.165, 1.54) is 141 Å². The summed E-state index contributed by atoms with van der Waals surface area (Å²) in [5.74, 6) is -0.290. The summed E-state index contributed by atoms with van der Waals surface area (Å²) in [4.78, 5) is 23.8. The van der Waals surface area contributed by atoms with Crippen LogP contribution in [0, 0.1) is 0 Å². The van der Waals surface area contributed by atoms with Crippen molar-refractivity contribution < 1.29 is 19.1 Å². The highest BCUT2D eigenvalue weighted by molar-refractivity contribution is 5.69. The molecule has 0 unspecified atom stereocenters. The van der Waals surface area contributed by atoms with E-state index in [9.17, 15) is 9.59 Å². The first kappa shape index (κ1) is 42.2. The number of ether oxygens (including phenoxy) is 2. The minimum Gasteiger partial charge on any atom is -0.461 e. The van der Waals surface area contributed by atoms with E-state index in [-0.39, 0.29) is 25.2 Å². The predicted molar refractivity (Wildman–Crippen MR) is 190 cm³/mol. The molecule has 0 atom stereocenters. The predicted octanol–water partition coefficient (Wildman–Crippen LogP) is 12.7. The average molecular weight is 617 g/mol. The van der Waals surface area contributed by atoms with Crippen LogP contribution in [-0.2, 0) is 19.1 Å². The quantitative estimate of drug-likeness (QED) is 0.0410. The third kappa shape index (κ3) is 36.4. The van der Waals surface area contributed by atoms with E-state index >= 15 is 0 Å². The highest BCUT2D eigenvalue weighted by Crippen LogP contribution is 2.12. The van der Waals surface area contributed by atoms with Gasteiger partial charge in [-0.15, -0.1) is 0 Å². The number of allylic oxidation sites excluding steroid dienone is 4. The Morgan fingerprint density at radius 1 is 0.364 bits per heavy atom. The Morgan fingerprint density at radius 3 is 0.955 bits per heavy atom. The van der Waals surface area contributed by atoms with Crippen LogP contribution in [0.15, 0.2) is 36.5 Å². The van der Waals surface area contributed by atoms with E-state index in [0.717, 1.165) is 25.7 Å². The second-order valence-corrected chi connectivity index (χ2v) is 12.5. The Labute approximate surface area is 273 Å². The van der Waals surface area contributed by atoms with Gasteiger partial charge in [-0.3, -0.25) is 9.59 Å². The minimum atomic E-state index is -0.145. The van der Waals surface area contributed by atoms with Gasteiger partial charge in [0.2, 0.25) is 0 Å². The van der Waals surface area contributed by atoms with Crippen LogP contribution in [0.4, 0.5) is 0 Å². The molecule has 0 spiro atoms. The molecule has 0 aromatic carbocycles. The lowest BCUT2D eigenvalue weighted by Gasteiger charge is -2.03. The van der Waals surface area contributed by atoms with E-state index in [1.807, 2.05) is 0 Å². The lowest BCUT2D eigenvalue weighted by molar-refractivity contribution is -0.143. The number of esters is 2. The van der Waals surface area contributed by atoms with Crippen molar-refractivity contribution in [1.29, 1.82) is 0 Å². The second kappa shape index (κ2) is 37.3. The van der Waals surface area contributed by atoms with Crippen molar-refractivity contribution in [3.8, 4) is 0 Å². The standard InChI is InChI=1S/C40H72O4/c1-3-5-7-9-11-13-15-17-19-21-23-25-27-29-31-35-39(41)43-37-33-34-38-44-40(42)36-32-30-28-26-24-22-20-18-16-14-12-10-8-6-4-2/h17-20,33-34H,3-16,21-32,35-38H2,1-2H3/b19-17-,20-18-,34-33-. The Hall–Kier alpha value is -1.84. The fourth-order valence-corrected chi connectivity index (χ4v) is 5.24. The molecule has 0 heterocycles. The normalized spacial score (nSPS) is 11.8. The third-order valence-corrected chi connectivity index (χ3v) is 8.13. The number of unbranched alkanes of at least 4 members (excludes halogenated alkanes) is 22. The third-order valence-electron chi connectivity index (χ3n) is 8.13. The van der Waals surface area contributed by atoms with Gasteiger partial charge in [-0.1, -0.05) is 141 Å². The molecule has 4 heteroatoms. The van der Waals surface area contributed by atoms with E-state index in [1.54, 1.807) is 12.2 Å². The first-order valence-electron chi connectivity index (χ1n) is 19.0. The van der Waals surface area contributed by atoms with Crippen LogP contribution in [0.25, 0.3) is 0 Å². The maximum atomic E-state index is 11.9.